The second kappa shape index (κ2) is 4.57. The Morgan fingerprint density at radius 1 is 1.47 bits per heavy atom. The Hall–Kier alpha value is -1.84. The maximum absolute atomic E-state index is 10.9. The van der Waals surface area contributed by atoms with Crippen LogP contribution in [-0.2, 0) is 17.8 Å². The van der Waals surface area contributed by atoms with Crippen molar-refractivity contribution in [1.82, 2.24) is 9.55 Å². The molecular formula is C13H16N2O2. The van der Waals surface area contributed by atoms with Crippen LogP contribution in [0.4, 0.5) is 0 Å². The van der Waals surface area contributed by atoms with Crippen molar-refractivity contribution in [3.8, 4) is 0 Å². The van der Waals surface area contributed by atoms with Gasteiger partial charge in [0.1, 0.15) is 5.82 Å². The molecule has 0 aliphatic rings. The summed E-state index contributed by atoms with van der Waals surface area (Å²) in [4.78, 5) is 15.4. The molecule has 0 bridgehead atoms. The maximum Gasteiger partial charge on any atom is 0.306 e. The summed E-state index contributed by atoms with van der Waals surface area (Å²) < 4.78 is 2.08. The quantitative estimate of drug-likeness (QED) is 0.880. The zero-order valence-corrected chi connectivity index (χ0v) is 10.1. The van der Waals surface area contributed by atoms with Crippen molar-refractivity contribution < 1.29 is 9.90 Å². The minimum atomic E-state index is -0.778. The summed E-state index contributed by atoms with van der Waals surface area (Å²) in [5.41, 5.74) is 2.00. The highest BCUT2D eigenvalue weighted by Gasteiger charge is 2.16. The van der Waals surface area contributed by atoms with Gasteiger partial charge in [-0.05, 0) is 19.1 Å². The summed E-state index contributed by atoms with van der Waals surface area (Å²) in [5.74, 6) is -0.333. The number of aromatic nitrogens is 2. The number of nitrogens with zero attached hydrogens (tertiary/aromatic N) is 2. The molecule has 90 valence electrons. The van der Waals surface area contributed by atoms with Crippen molar-refractivity contribution in [3.63, 3.8) is 0 Å². The summed E-state index contributed by atoms with van der Waals surface area (Å²) in [6.45, 7) is 4.56. The van der Waals surface area contributed by atoms with Gasteiger partial charge in [0, 0.05) is 13.0 Å². The maximum atomic E-state index is 10.9. The molecule has 1 heterocycles. The summed E-state index contributed by atoms with van der Waals surface area (Å²) in [6, 6.07) is 7.89. The largest absolute Gasteiger partial charge is 0.481 e. The number of carboxylic acid groups (broad SMARTS) is 1. The second-order valence-electron chi connectivity index (χ2n) is 4.20. The highest BCUT2D eigenvalue weighted by atomic mass is 16.4. The number of aryl methyl sites for hydroxylation is 1. The second-order valence-corrected chi connectivity index (χ2v) is 4.20. The van der Waals surface area contributed by atoms with Gasteiger partial charge >= 0.3 is 5.97 Å². The van der Waals surface area contributed by atoms with Crippen LogP contribution >= 0.6 is 0 Å². The normalized spacial score (nSPS) is 12.8. The van der Waals surface area contributed by atoms with E-state index in [1.807, 2.05) is 31.2 Å². The van der Waals surface area contributed by atoms with Crippen LogP contribution in [-0.4, -0.2) is 20.6 Å². The molecule has 0 saturated carbocycles. The van der Waals surface area contributed by atoms with E-state index >= 15 is 0 Å². The lowest BCUT2D eigenvalue weighted by atomic mass is 10.1. The number of benzene rings is 1. The highest BCUT2D eigenvalue weighted by Crippen LogP contribution is 2.18. The molecule has 0 amide bonds. The van der Waals surface area contributed by atoms with Crippen molar-refractivity contribution in [2.24, 2.45) is 5.92 Å². The third-order valence-electron chi connectivity index (χ3n) is 2.96. The Bertz CT molecular complexity index is 545. The van der Waals surface area contributed by atoms with E-state index in [1.54, 1.807) is 6.92 Å². The molecule has 17 heavy (non-hydrogen) atoms. The van der Waals surface area contributed by atoms with Crippen LogP contribution < -0.4 is 0 Å². The lowest BCUT2D eigenvalue weighted by Gasteiger charge is -2.08. The molecule has 1 N–H and O–H groups in total. The fourth-order valence-corrected chi connectivity index (χ4v) is 2.00. The first-order valence-electron chi connectivity index (χ1n) is 5.80. The third-order valence-corrected chi connectivity index (χ3v) is 2.96. The van der Waals surface area contributed by atoms with Gasteiger partial charge in [-0.2, -0.15) is 0 Å². The molecule has 1 aromatic carbocycles. The SMILES string of the molecule is CCn1c(CC(C)C(=O)O)nc2ccccc21. The van der Waals surface area contributed by atoms with Crippen LogP contribution in [0.5, 0.6) is 0 Å². The average Bonchev–Trinajstić information content (AvgIpc) is 2.65. The Kier molecular flexibility index (Phi) is 3.13. The first-order chi connectivity index (χ1) is 8.13. The molecule has 1 atom stereocenters. The summed E-state index contributed by atoms with van der Waals surface area (Å²) in [5, 5.41) is 8.94. The van der Waals surface area contributed by atoms with Gasteiger partial charge < -0.3 is 9.67 Å². The van der Waals surface area contributed by atoms with Gasteiger partial charge in [-0.3, -0.25) is 4.79 Å². The number of para-hydroxylation sites is 2. The molecule has 0 saturated heterocycles. The predicted molar refractivity (Wildman–Crippen MR) is 65.9 cm³/mol. The van der Waals surface area contributed by atoms with E-state index in [4.69, 9.17) is 5.11 Å². The fourth-order valence-electron chi connectivity index (χ4n) is 2.00. The molecule has 2 rings (SSSR count). The van der Waals surface area contributed by atoms with Crippen molar-refractivity contribution in [1.29, 1.82) is 0 Å². The number of aliphatic carboxylic acids is 1. The summed E-state index contributed by atoms with van der Waals surface area (Å²) >= 11 is 0. The summed E-state index contributed by atoms with van der Waals surface area (Å²) in [7, 11) is 0. The standard InChI is InChI=1S/C13H16N2O2/c1-3-15-11-7-5-4-6-10(11)14-12(15)8-9(2)13(16)17/h4-7,9H,3,8H2,1-2H3,(H,16,17). The number of carboxylic acids is 1. The van der Waals surface area contributed by atoms with Gasteiger partial charge in [-0.25, -0.2) is 4.98 Å². The molecule has 1 unspecified atom stereocenters. The molecule has 4 nitrogen and oxygen atoms in total. The lowest BCUT2D eigenvalue weighted by molar-refractivity contribution is -0.141. The Morgan fingerprint density at radius 2 is 2.18 bits per heavy atom. The number of imidazole rings is 1. The average molecular weight is 232 g/mol. The molecule has 4 heteroatoms. The number of carbonyl (C=O) groups is 1. The first kappa shape index (κ1) is 11.6. The molecule has 0 fully saturated rings. The van der Waals surface area contributed by atoms with E-state index in [9.17, 15) is 4.79 Å². The lowest BCUT2D eigenvalue weighted by Crippen LogP contribution is -2.15. The molecule has 0 spiro atoms. The van der Waals surface area contributed by atoms with Crippen LogP contribution in [0.15, 0.2) is 24.3 Å². The zero-order chi connectivity index (χ0) is 12.4. The van der Waals surface area contributed by atoms with Gasteiger partial charge in [-0.15, -0.1) is 0 Å². The van der Waals surface area contributed by atoms with Gasteiger partial charge in [0.2, 0.25) is 0 Å². The fraction of sp³-hybridized carbons (Fsp3) is 0.385. The number of rotatable bonds is 4. The van der Waals surface area contributed by atoms with Gasteiger partial charge in [0.25, 0.3) is 0 Å². The molecule has 0 aliphatic heterocycles. The molecular weight excluding hydrogens is 216 g/mol. The molecule has 1 aromatic heterocycles. The topological polar surface area (TPSA) is 55.1 Å². The third kappa shape index (κ3) is 2.16. The van der Waals surface area contributed by atoms with Crippen molar-refractivity contribution in [3.05, 3.63) is 30.1 Å². The van der Waals surface area contributed by atoms with E-state index in [2.05, 4.69) is 9.55 Å². The predicted octanol–water partition coefficient (Wildman–Crippen LogP) is 2.32. The summed E-state index contributed by atoms with van der Waals surface area (Å²) in [6.07, 6.45) is 0.470. The van der Waals surface area contributed by atoms with E-state index in [-0.39, 0.29) is 0 Å². The highest BCUT2D eigenvalue weighted by molar-refractivity contribution is 5.76. The number of fused-ring (bicyclic) bond motifs is 1. The van der Waals surface area contributed by atoms with Crippen LogP contribution in [0.25, 0.3) is 11.0 Å². The minimum Gasteiger partial charge on any atom is -0.481 e. The zero-order valence-electron chi connectivity index (χ0n) is 10.1. The van der Waals surface area contributed by atoms with Crippen LogP contribution in [0.3, 0.4) is 0 Å². The smallest absolute Gasteiger partial charge is 0.306 e. The van der Waals surface area contributed by atoms with Crippen molar-refractivity contribution >= 4 is 17.0 Å². The Labute approximate surface area is 99.9 Å². The monoisotopic (exact) mass is 232 g/mol. The van der Waals surface area contributed by atoms with E-state index in [1.165, 1.54) is 0 Å². The van der Waals surface area contributed by atoms with E-state index < -0.39 is 11.9 Å². The molecule has 0 radical (unpaired) electrons. The van der Waals surface area contributed by atoms with Gasteiger partial charge in [-0.1, -0.05) is 19.1 Å². The van der Waals surface area contributed by atoms with E-state index in [0.29, 0.717) is 6.42 Å². The van der Waals surface area contributed by atoms with Crippen molar-refractivity contribution in [2.45, 2.75) is 26.8 Å². The van der Waals surface area contributed by atoms with Crippen LogP contribution in [0.2, 0.25) is 0 Å². The Morgan fingerprint density at radius 3 is 2.82 bits per heavy atom. The number of hydrogen-bond donors (Lipinski definition) is 1. The molecule has 2 aromatic rings. The Balaban J connectivity index is 2.43. The van der Waals surface area contributed by atoms with Crippen LogP contribution in [0.1, 0.15) is 19.7 Å². The first-order valence-corrected chi connectivity index (χ1v) is 5.80. The van der Waals surface area contributed by atoms with Gasteiger partial charge in [0.05, 0.1) is 17.0 Å². The van der Waals surface area contributed by atoms with Crippen molar-refractivity contribution in [2.75, 3.05) is 0 Å². The van der Waals surface area contributed by atoms with Crippen LogP contribution in [0, 0.1) is 5.92 Å². The minimum absolute atomic E-state index is 0.405. The molecule has 0 aliphatic carbocycles. The van der Waals surface area contributed by atoms with E-state index in [0.717, 1.165) is 23.4 Å². The van der Waals surface area contributed by atoms with Gasteiger partial charge in [0.15, 0.2) is 0 Å². The number of hydrogen-bond acceptors (Lipinski definition) is 2.